The quantitative estimate of drug-likeness (QED) is 0.651. The standard InChI is InChI=1S/C22H27N3O4S/c1-15-14-16(12-13-19(15)25-30(2,28)29)21(26)24-20-11-7-6-10-18(20)22(27)23-17-8-4-3-5-9-17/h6-7,10-14,17,25H,3-5,8-9H2,1-2H3,(H,23,27)(H,24,26). The molecule has 2 aromatic carbocycles. The van der Waals surface area contributed by atoms with Gasteiger partial charge in [0.15, 0.2) is 0 Å². The zero-order chi connectivity index (χ0) is 21.7. The summed E-state index contributed by atoms with van der Waals surface area (Å²) in [5.74, 6) is -0.566. The van der Waals surface area contributed by atoms with Gasteiger partial charge in [-0.05, 0) is 55.7 Å². The van der Waals surface area contributed by atoms with E-state index < -0.39 is 10.0 Å². The van der Waals surface area contributed by atoms with Crippen LogP contribution in [0.3, 0.4) is 0 Å². The van der Waals surface area contributed by atoms with Gasteiger partial charge in [-0.1, -0.05) is 31.4 Å². The first-order valence-electron chi connectivity index (χ1n) is 10.0. The number of carbonyl (C=O) groups is 2. The average molecular weight is 430 g/mol. The van der Waals surface area contributed by atoms with E-state index >= 15 is 0 Å². The highest BCUT2D eigenvalue weighted by Gasteiger charge is 2.19. The van der Waals surface area contributed by atoms with Gasteiger partial charge in [0.05, 0.1) is 23.2 Å². The van der Waals surface area contributed by atoms with E-state index in [1.807, 2.05) is 0 Å². The molecule has 8 heteroatoms. The molecule has 0 radical (unpaired) electrons. The van der Waals surface area contributed by atoms with Gasteiger partial charge in [0, 0.05) is 11.6 Å². The van der Waals surface area contributed by atoms with Gasteiger partial charge in [0.2, 0.25) is 10.0 Å². The van der Waals surface area contributed by atoms with Crippen LogP contribution in [0, 0.1) is 6.92 Å². The Hall–Kier alpha value is -2.87. The van der Waals surface area contributed by atoms with E-state index in [4.69, 9.17) is 0 Å². The van der Waals surface area contributed by atoms with Crippen LogP contribution in [0.2, 0.25) is 0 Å². The summed E-state index contributed by atoms with van der Waals surface area (Å²) >= 11 is 0. The second-order valence-electron chi connectivity index (χ2n) is 7.71. The Morgan fingerprint density at radius 3 is 2.30 bits per heavy atom. The number of sulfonamides is 1. The fourth-order valence-corrected chi connectivity index (χ4v) is 4.24. The second-order valence-corrected chi connectivity index (χ2v) is 9.46. The number of hydrogen-bond donors (Lipinski definition) is 3. The van der Waals surface area contributed by atoms with Crippen LogP contribution in [0.5, 0.6) is 0 Å². The summed E-state index contributed by atoms with van der Waals surface area (Å²) in [5.41, 5.74) is 2.27. The van der Waals surface area contributed by atoms with E-state index in [9.17, 15) is 18.0 Å². The lowest BCUT2D eigenvalue weighted by Gasteiger charge is -2.23. The molecular formula is C22H27N3O4S. The number of para-hydroxylation sites is 1. The van der Waals surface area contributed by atoms with Crippen molar-refractivity contribution in [2.24, 2.45) is 0 Å². The van der Waals surface area contributed by atoms with E-state index in [1.54, 1.807) is 49.4 Å². The van der Waals surface area contributed by atoms with Crippen molar-refractivity contribution in [3.8, 4) is 0 Å². The molecule has 1 fully saturated rings. The number of anilines is 2. The van der Waals surface area contributed by atoms with Gasteiger partial charge in [-0.2, -0.15) is 0 Å². The van der Waals surface area contributed by atoms with E-state index in [-0.39, 0.29) is 17.9 Å². The van der Waals surface area contributed by atoms with Crippen molar-refractivity contribution in [3.63, 3.8) is 0 Å². The fourth-order valence-electron chi connectivity index (χ4n) is 3.61. The van der Waals surface area contributed by atoms with Crippen LogP contribution >= 0.6 is 0 Å². The number of carbonyl (C=O) groups excluding carboxylic acids is 2. The van der Waals surface area contributed by atoms with Gasteiger partial charge in [0.1, 0.15) is 0 Å². The van der Waals surface area contributed by atoms with E-state index in [0.29, 0.717) is 28.1 Å². The number of aryl methyl sites for hydroxylation is 1. The van der Waals surface area contributed by atoms with E-state index in [2.05, 4.69) is 15.4 Å². The van der Waals surface area contributed by atoms with Crippen LogP contribution in [0.4, 0.5) is 11.4 Å². The Kier molecular flexibility index (Phi) is 6.77. The lowest BCUT2D eigenvalue weighted by Crippen LogP contribution is -2.36. The van der Waals surface area contributed by atoms with Crippen molar-refractivity contribution >= 4 is 33.2 Å². The normalized spacial score (nSPS) is 14.7. The molecule has 1 aliphatic carbocycles. The maximum absolute atomic E-state index is 12.8. The SMILES string of the molecule is Cc1cc(C(=O)Nc2ccccc2C(=O)NC2CCCCC2)ccc1NS(C)(=O)=O. The molecule has 2 aromatic rings. The summed E-state index contributed by atoms with van der Waals surface area (Å²) in [4.78, 5) is 25.5. The first kappa shape index (κ1) is 21.8. The Labute approximate surface area is 177 Å². The number of rotatable bonds is 6. The highest BCUT2D eigenvalue weighted by atomic mass is 32.2. The van der Waals surface area contributed by atoms with Crippen LogP contribution in [0.25, 0.3) is 0 Å². The number of benzene rings is 2. The van der Waals surface area contributed by atoms with Crippen molar-refractivity contribution in [1.82, 2.24) is 5.32 Å². The third-order valence-electron chi connectivity index (χ3n) is 5.14. The molecule has 160 valence electrons. The van der Waals surface area contributed by atoms with Crippen LogP contribution in [0.15, 0.2) is 42.5 Å². The first-order chi connectivity index (χ1) is 14.2. The van der Waals surface area contributed by atoms with Gasteiger partial charge in [-0.25, -0.2) is 8.42 Å². The molecule has 3 rings (SSSR count). The molecule has 2 amide bonds. The highest BCUT2D eigenvalue weighted by molar-refractivity contribution is 7.92. The Morgan fingerprint density at radius 2 is 1.63 bits per heavy atom. The van der Waals surface area contributed by atoms with Gasteiger partial charge >= 0.3 is 0 Å². The van der Waals surface area contributed by atoms with Crippen LogP contribution in [-0.2, 0) is 10.0 Å². The monoisotopic (exact) mass is 429 g/mol. The smallest absolute Gasteiger partial charge is 0.255 e. The lowest BCUT2D eigenvalue weighted by molar-refractivity contribution is 0.0928. The zero-order valence-electron chi connectivity index (χ0n) is 17.2. The molecule has 30 heavy (non-hydrogen) atoms. The Morgan fingerprint density at radius 1 is 0.933 bits per heavy atom. The minimum Gasteiger partial charge on any atom is -0.349 e. The molecule has 0 saturated heterocycles. The summed E-state index contributed by atoms with van der Waals surface area (Å²) < 4.78 is 25.3. The van der Waals surface area contributed by atoms with Crippen LogP contribution in [-0.4, -0.2) is 32.5 Å². The topological polar surface area (TPSA) is 104 Å². The largest absolute Gasteiger partial charge is 0.349 e. The highest BCUT2D eigenvalue weighted by Crippen LogP contribution is 2.22. The van der Waals surface area contributed by atoms with Gasteiger partial charge < -0.3 is 10.6 Å². The predicted molar refractivity (Wildman–Crippen MR) is 118 cm³/mol. The Bertz CT molecular complexity index is 1040. The summed E-state index contributed by atoms with van der Waals surface area (Å²) in [7, 11) is -3.40. The van der Waals surface area contributed by atoms with Crippen molar-refractivity contribution in [1.29, 1.82) is 0 Å². The molecule has 0 bridgehead atoms. The molecule has 0 spiro atoms. The number of hydrogen-bond acceptors (Lipinski definition) is 4. The van der Waals surface area contributed by atoms with E-state index in [0.717, 1.165) is 31.9 Å². The second kappa shape index (κ2) is 9.30. The molecule has 7 nitrogen and oxygen atoms in total. The molecule has 0 unspecified atom stereocenters. The minimum absolute atomic E-state index is 0.174. The predicted octanol–water partition coefficient (Wildman–Crippen LogP) is 3.68. The van der Waals surface area contributed by atoms with Gasteiger partial charge in [-0.15, -0.1) is 0 Å². The number of nitrogens with one attached hydrogen (secondary N) is 3. The molecule has 0 aliphatic heterocycles. The average Bonchev–Trinajstić information content (AvgIpc) is 2.69. The molecule has 0 atom stereocenters. The summed E-state index contributed by atoms with van der Waals surface area (Å²) in [6.45, 7) is 1.72. The van der Waals surface area contributed by atoms with Crippen LogP contribution < -0.4 is 15.4 Å². The molecule has 3 N–H and O–H groups in total. The summed E-state index contributed by atoms with van der Waals surface area (Å²) in [6.07, 6.45) is 6.47. The Balaban J connectivity index is 1.74. The van der Waals surface area contributed by atoms with Gasteiger partial charge in [-0.3, -0.25) is 14.3 Å². The van der Waals surface area contributed by atoms with Crippen molar-refractivity contribution in [2.75, 3.05) is 16.3 Å². The molecule has 1 aliphatic rings. The maximum Gasteiger partial charge on any atom is 0.255 e. The molecule has 1 saturated carbocycles. The van der Waals surface area contributed by atoms with Gasteiger partial charge in [0.25, 0.3) is 11.8 Å². The molecule has 0 heterocycles. The minimum atomic E-state index is -3.40. The molecular weight excluding hydrogens is 402 g/mol. The third kappa shape index (κ3) is 5.82. The maximum atomic E-state index is 12.8. The summed E-state index contributed by atoms with van der Waals surface area (Å²) in [5, 5.41) is 5.87. The van der Waals surface area contributed by atoms with Crippen molar-refractivity contribution in [3.05, 3.63) is 59.2 Å². The number of amides is 2. The zero-order valence-corrected chi connectivity index (χ0v) is 18.0. The lowest BCUT2D eigenvalue weighted by atomic mass is 9.95. The van der Waals surface area contributed by atoms with Crippen LogP contribution in [0.1, 0.15) is 58.4 Å². The third-order valence-corrected chi connectivity index (χ3v) is 5.73. The molecule has 0 aromatic heterocycles. The van der Waals surface area contributed by atoms with Crippen molar-refractivity contribution in [2.45, 2.75) is 45.1 Å². The van der Waals surface area contributed by atoms with E-state index in [1.165, 1.54) is 6.42 Å². The van der Waals surface area contributed by atoms with Crippen molar-refractivity contribution < 1.29 is 18.0 Å². The first-order valence-corrected chi connectivity index (χ1v) is 11.9. The summed E-state index contributed by atoms with van der Waals surface area (Å²) in [6, 6.07) is 11.8. The fraction of sp³-hybridized carbons (Fsp3) is 0.364.